The molecule has 0 radical (unpaired) electrons. The van der Waals surface area contributed by atoms with Gasteiger partial charge in [-0.3, -0.25) is 4.98 Å². The smallest absolute Gasteiger partial charge is 0.0702 e. The molecular weight excluding hydrogens is 326 g/mol. The monoisotopic (exact) mass is 363 g/mol. The Balaban J connectivity index is 1.48. The van der Waals surface area contributed by atoms with E-state index in [1.807, 2.05) is 0 Å². The Morgan fingerprint density at radius 2 is 1.48 bits per heavy atom. The molecule has 1 aliphatic rings. The van der Waals surface area contributed by atoms with Gasteiger partial charge >= 0.3 is 0 Å². The second-order valence-corrected chi connectivity index (χ2v) is 8.54. The van der Waals surface area contributed by atoms with Crippen molar-refractivity contribution in [2.24, 2.45) is 11.8 Å². The van der Waals surface area contributed by atoms with Gasteiger partial charge in [-0.05, 0) is 54.7 Å². The molecule has 1 nitrogen and oxygen atoms in total. The molecule has 1 aliphatic carbocycles. The van der Waals surface area contributed by atoms with Crippen LogP contribution in [0.15, 0.2) is 42.6 Å². The van der Waals surface area contributed by atoms with E-state index in [2.05, 4.69) is 56.4 Å². The Morgan fingerprint density at radius 1 is 0.778 bits per heavy atom. The zero-order valence-corrected chi connectivity index (χ0v) is 17.4. The van der Waals surface area contributed by atoms with E-state index in [9.17, 15) is 0 Å². The topological polar surface area (TPSA) is 12.9 Å². The number of rotatable bonds is 9. The number of pyridine rings is 1. The molecule has 2 aromatic rings. The Bertz CT molecular complexity index is 648. The normalized spacial score (nSPS) is 19.9. The summed E-state index contributed by atoms with van der Waals surface area (Å²) in [7, 11) is 0. The molecule has 1 aromatic carbocycles. The number of aromatic nitrogens is 1. The highest BCUT2D eigenvalue weighted by molar-refractivity contribution is 5.59. The lowest BCUT2D eigenvalue weighted by molar-refractivity contribution is 0.259. The van der Waals surface area contributed by atoms with Crippen LogP contribution in [0, 0.1) is 11.8 Å². The summed E-state index contributed by atoms with van der Waals surface area (Å²) in [6.07, 6.45) is 16.9. The van der Waals surface area contributed by atoms with Crippen molar-refractivity contribution in [2.75, 3.05) is 0 Å². The van der Waals surface area contributed by atoms with Gasteiger partial charge in [-0.2, -0.15) is 0 Å². The summed E-state index contributed by atoms with van der Waals surface area (Å²) in [4.78, 5) is 4.69. The third-order valence-corrected chi connectivity index (χ3v) is 6.53. The van der Waals surface area contributed by atoms with Crippen LogP contribution in [0.3, 0.4) is 0 Å². The van der Waals surface area contributed by atoms with E-state index in [0.29, 0.717) is 0 Å². The van der Waals surface area contributed by atoms with Gasteiger partial charge in [0.2, 0.25) is 0 Å². The Morgan fingerprint density at radius 3 is 2.11 bits per heavy atom. The van der Waals surface area contributed by atoms with Crippen LogP contribution in [0.5, 0.6) is 0 Å². The predicted octanol–water partition coefficient (Wildman–Crippen LogP) is 7.63. The van der Waals surface area contributed by atoms with Gasteiger partial charge in [-0.1, -0.05) is 89.1 Å². The van der Waals surface area contributed by atoms with E-state index in [1.165, 1.54) is 80.9 Å². The first-order valence-corrected chi connectivity index (χ1v) is 11.3. The molecule has 3 rings (SSSR count). The molecule has 0 spiro atoms. The fourth-order valence-electron chi connectivity index (χ4n) is 4.46. The number of unbranched alkanes of at least 4 members (excludes halogenated alkanes) is 2. The Labute approximate surface area is 166 Å². The van der Waals surface area contributed by atoms with Crippen LogP contribution in [0.4, 0.5) is 0 Å². The number of nitrogens with zero attached hydrogens (tertiary/aromatic N) is 1. The third kappa shape index (κ3) is 6.19. The minimum atomic E-state index is 0.953. The minimum absolute atomic E-state index is 0.953. The summed E-state index contributed by atoms with van der Waals surface area (Å²) in [6.45, 7) is 4.60. The summed E-state index contributed by atoms with van der Waals surface area (Å²) in [5.74, 6) is 1.96. The molecule has 1 aromatic heterocycles. The van der Waals surface area contributed by atoms with Gasteiger partial charge in [0, 0.05) is 11.8 Å². The number of hydrogen-bond donors (Lipinski definition) is 0. The number of hydrogen-bond acceptors (Lipinski definition) is 1. The van der Waals surface area contributed by atoms with Gasteiger partial charge in [-0.25, -0.2) is 0 Å². The molecule has 0 unspecified atom stereocenters. The van der Waals surface area contributed by atoms with Crippen LogP contribution in [0.2, 0.25) is 0 Å². The lowest BCUT2D eigenvalue weighted by Crippen LogP contribution is -2.14. The molecular formula is C26H37N. The van der Waals surface area contributed by atoms with Crippen molar-refractivity contribution < 1.29 is 0 Å². The van der Waals surface area contributed by atoms with Crippen molar-refractivity contribution in [3.8, 4) is 11.3 Å². The summed E-state index contributed by atoms with van der Waals surface area (Å²) in [5.41, 5.74) is 5.18. The first kappa shape index (κ1) is 20.1. The summed E-state index contributed by atoms with van der Waals surface area (Å²) < 4.78 is 0. The van der Waals surface area contributed by atoms with Crippen LogP contribution in [0.25, 0.3) is 11.3 Å². The highest BCUT2D eigenvalue weighted by Crippen LogP contribution is 2.33. The molecule has 1 heterocycles. The zero-order chi connectivity index (χ0) is 18.9. The lowest BCUT2D eigenvalue weighted by atomic mass is 9.78. The first-order valence-electron chi connectivity index (χ1n) is 11.3. The molecule has 0 amide bonds. The van der Waals surface area contributed by atoms with Crippen molar-refractivity contribution >= 4 is 0 Å². The fourth-order valence-corrected chi connectivity index (χ4v) is 4.46. The lowest BCUT2D eigenvalue weighted by Gasteiger charge is -2.27. The first-order chi connectivity index (χ1) is 13.3. The van der Waals surface area contributed by atoms with E-state index < -0.39 is 0 Å². The maximum absolute atomic E-state index is 4.69. The van der Waals surface area contributed by atoms with E-state index in [1.54, 1.807) is 0 Å². The number of benzene rings is 1. The SMILES string of the molecule is CCCCCc1ccc(-c2ccc(CC[C@H]3CC[C@H](CC)CC3)cc2)nc1. The molecule has 0 bridgehead atoms. The van der Waals surface area contributed by atoms with Crippen molar-refractivity contribution in [1.29, 1.82) is 0 Å². The van der Waals surface area contributed by atoms with E-state index >= 15 is 0 Å². The van der Waals surface area contributed by atoms with Crippen LogP contribution in [-0.4, -0.2) is 4.98 Å². The highest BCUT2D eigenvalue weighted by atomic mass is 14.7. The molecule has 1 heteroatoms. The highest BCUT2D eigenvalue weighted by Gasteiger charge is 2.19. The molecule has 0 atom stereocenters. The second-order valence-electron chi connectivity index (χ2n) is 8.54. The fraction of sp³-hybridized carbons (Fsp3) is 0.577. The third-order valence-electron chi connectivity index (χ3n) is 6.53. The van der Waals surface area contributed by atoms with Gasteiger partial charge in [0.1, 0.15) is 0 Å². The van der Waals surface area contributed by atoms with Crippen LogP contribution >= 0.6 is 0 Å². The van der Waals surface area contributed by atoms with Gasteiger partial charge in [0.25, 0.3) is 0 Å². The van der Waals surface area contributed by atoms with Gasteiger partial charge in [0.05, 0.1) is 5.69 Å². The van der Waals surface area contributed by atoms with Crippen molar-refractivity contribution in [3.05, 3.63) is 53.7 Å². The van der Waals surface area contributed by atoms with Crippen LogP contribution in [-0.2, 0) is 12.8 Å². The van der Waals surface area contributed by atoms with Gasteiger partial charge in [-0.15, -0.1) is 0 Å². The Kier molecular flexibility index (Phi) is 7.93. The molecule has 0 aliphatic heterocycles. The second kappa shape index (κ2) is 10.6. The average Bonchev–Trinajstić information content (AvgIpc) is 2.74. The summed E-state index contributed by atoms with van der Waals surface area (Å²) >= 11 is 0. The van der Waals surface area contributed by atoms with E-state index in [0.717, 1.165) is 24.0 Å². The predicted molar refractivity (Wildman–Crippen MR) is 117 cm³/mol. The Hall–Kier alpha value is -1.63. The van der Waals surface area contributed by atoms with Crippen molar-refractivity contribution in [2.45, 2.75) is 84.5 Å². The van der Waals surface area contributed by atoms with Crippen molar-refractivity contribution in [3.63, 3.8) is 0 Å². The molecule has 27 heavy (non-hydrogen) atoms. The maximum Gasteiger partial charge on any atom is 0.0702 e. The number of aryl methyl sites for hydroxylation is 2. The van der Waals surface area contributed by atoms with E-state index in [-0.39, 0.29) is 0 Å². The molecule has 0 N–H and O–H groups in total. The molecule has 0 saturated heterocycles. The van der Waals surface area contributed by atoms with Gasteiger partial charge in [0.15, 0.2) is 0 Å². The largest absolute Gasteiger partial charge is 0.256 e. The minimum Gasteiger partial charge on any atom is -0.256 e. The maximum atomic E-state index is 4.69. The quantitative estimate of drug-likeness (QED) is 0.417. The van der Waals surface area contributed by atoms with Crippen LogP contribution < -0.4 is 0 Å². The zero-order valence-electron chi connectivity index (χ0n) is 17.4. The van der Waals surface area contributed by atoms with Crippen LogP contribution in [0.1, 0.15) is 82.8 Å². The summed E-state index contributed by atoms with van der Waals surface area (Å²) in [5, 5.41) is 0. The van der Waals surface area contributed by atoms with E-state index in [4.69, 9.17) is 4.98 Å². The molecule has 1 saturated carbocycles. The standard InChI is InChI=1S/C26H37N/c1-3-5-6-7-24-16-19-26(27-20-24)25-17-14-23(15-18-25)13-12-22-10-8-21(4-2)9-11-22/h14-22H,3-13H2,1-2H3/t21-,22-. The molecule has 1 fully saturated rings. The molecule has 146 valence electrons. The van der Waals surface area contributed by atoms with Gasteiger partial charge < -0.3 is 0 Å². The van der Waals surface area contributed by atoms with Crippen molar-refractivity contribution in [1.82, 2.24) is 4.98 Å². The average molecular weight is 364 g/mol. The summed E-state index contributed by atoms with van der Waals surface area (Å²) in [6, 6.07) is 13.6.